The number of carbonyl (C=O) groups is 1. The van der Waals surface area contributed by atoms with Crippen molar-refractivity contribution in [1.82, 2.24) is 10.6 Å². The van der Waals surface area contributed by atoms with E-state index < -0.39 is 0 Å². The first-order valence-electron chi connectivity index (χ1n) is 10.1. The molecule has 1 amide bonds. The molecule has 1 saturated carbocycles. The number of halogens is 1. The van der Waals surface area contributed by atoms with Crippen LogP contribution >= 0.6 is 24.0 Å². The lowest BCUT2D eigenvalue weighted by molar-refractivity contribution is -0.122. The van der Waals surface area contributed by atoms with Crippen molar-refractivity contribution >= 4 is 41.5 Å². The largest absolute Gasteiger partial charge is 0.381 e. The molecule has 0 unspecified atom stereocenters. The van der Waals surface area contributed by atoms with E-state index in [0.29, 0.717) is 6.54 Å². The summed E-state index contributed by atoms with van der Waals surface area (Å²) in [5, 5.41) is 9.63. The summed E-state index contributed by atoms with van der Waals surface area (Å²) in [5.74, 6) is 1.11. The van der Waals surface area contributed by atoms with E-state index >= 15 is 0 Å². The Morgan fingerprint density at radius 2 is 2.00 bits per heavy atom. The van der Waals surface area contributed by atoms with Crippen LogP contribution in [-0.2, 0) is 16.1 Å². The Balaban J connectivity index is 0.00000392. The van der Waals surface area contributed by atoms with Gasteiger partial charge >= 0.3 is 0 Å². The van der Waals surface area contributed by atoms with Gasteiger partial charge in [-0.3, -0.25) is 9.79 Å². The third-order valence-electron chi connectivity index (χ3n) is 4.75. The Labute approximate surface area is 186 Å². The molecule has 0 radical (unpaired) electrons. The zero-order valence-electron chi connectivity index (χ0n) is 17.1. The first kappa shape index (κ1) is 24.7. The Kier molecular flexibility index (Phi) is 12.9. The summed E-state index contributed by atoms with van der Waals surface area (Å²) in [6.45, 7) is 5.26. The molecule has 0 saturated heterocycles. The van der Waals surface area contributed by atoms with E-state index in [2.05, 4.69) is 27.9 Å². The topological polar surface area (TPSA) is 74.8 Å². The lowest BCUT2D eigenvalue weighted by Gasteiger charge is -2.24. The minimum Gasteiger partial charge on any atom is -0.381 e. The second kappa shape index (κ2) is 14.6. The van der Waals surface area contributed by atoms with Crippen molar-refractivity contribution in [2.24, 2.45) is 10.9 Å². The monoisotopic (exact) mass is 502 g/mol. The summed E-state index contributed by atoms with van der Waals surface area (Å²) < 4.78 is 5.56. The number of unbranched alkanes of at least 4 members (excludes halogenated alkanes) is 1. The molecule has 0 atom stereocenters. The Morgan fingerprint density at radius 1 is 1.21 bits per heavy atom. The number of benzene rings is 1. The highest BCUT2D eigenvalue weighted by molar-refractivity contribution is 14.0. The molecule has 0 bridgehead atoms. The molecule has 1 aromatic rings. The molecule has 2 rings (SSSR count). The van der Waals surface area contributed by atoms with Gasteiger partial charge in [-0.05, 0) is 43.4 Å². The van der Waals surface area contributed by atoms with E-state index in [0.717, 1.165) is 62.7 Å². The fraction of sp³-hybridized carbons (Fsp3) is 0.619. The SMILES string of the molecule is CCCCOCCCNC(=NC)NCc1cccc(NC(=O)C2CCC2)c1.I. The molecule has 0 heterocycles. The predicted molar refractivity (Wildman–Crippen MR) is 126 cm³/mol. The molecule has 0 spiro atoms. The molecule has 1 aromatic carbocycles. The van der Waals surface area contributed by atoms with Gasteiger partial charge in [0, 0.05) is 45.0 Å². The molecule has 158 valence electrons. The molecular formula is C21H35IN4O2. The van der Waals surface area contributed by atoms with Crippen LogP contribution in [0.15, 0.2) is 29.3 Å². The zero-order valence-corrected chi connectivity index (χ0v) is 19.5. The first-order chi connectivity index (χ1) is 13.2. The van der Waals surface area contributed by atoms with Crippen molar-refractivity contribution in [3.05, 3.63) is 29.8 Å². The fourth-order valence-electron chi connectivity index (χ4n) is 2.81. The highest BCUT2D eigenvalue weighted by atomic mass is 127. The number of nitrogens with zero attached hydrogens (tertiary/aromatic N) is 1. The summed E-state index contributed by atoms with van der Waals surface area (Å²) in [7, 11) is 1.77. The molecule has 0 aliphatic heterocycles. The van der Waals surface area contributed by atoms with Crippen LogP contribution < -0.4 is 16.0 Å². The number of nitrogens with one attached hydrogen (secondary N) is 3. The van der Waals surface area contributed by atoms with Gasteiger partial charge in [0.05, 0.1) is 0 Å². The lowest BCUT2D eigenvalue weighted by atomic mass is 9.85. The number of guanidine groups is 1. The number of anilines is 1. The number of hydrogen-bond acceptors (Lipinski definition) is 3. The summed E-state index contributed by atoms with van der Waals surface area (Å²) in [6.07, 6.45) is 6.43. The van der Waals surface area contributed by atoms with Crippen LogP contribution in [0.5, 0.6) is 0 Å². The van der Waals surface area contributed by atoms with E-state index in [9.17, 15) is 4.79 Å². The van der Waals surface area contributed by atoms with Crippen molar-refractivity contribution in [2.45, 2.75) is 52.0 Å². The van der Waals surface area contributed by atoms with Gasteiger partial charge in [0.15, 0.2) is 5.96 Å². The number of rotatable bonds is 11. The molecule has 3 N–H and O–H groups in total. The third kappa shape index (κ3) is 9.23. The first-order valence-corrected chi connectivity index (χ1v) is 10.1. The molecule has 0 aromatic heterocycles. The average molecular weight is 502 g/mol. The van der Waals surface area contributed by atoms with Gasteiger partial charge in [-0.1, -0.05) is 31.9 Å². The van der Waals surface area contributed by atoms with Gasteiger partial charge in [-0.25, -0.2) is 0 Å². The lowest BCUT2D eigenvalue weighted by Crippen LogP contribution is -2.37. The van der Waals surface area contributed by atoms with E-state index in [1.165, 1.54) is 12.8 Å². The van der Waals surface area contributed by atoms with Crippen LogP contribution in [0.25, 0.3) is 0 Å². The van der Waals surface area contributed by atoms with Crippen molar-refractivity contribution in [2.75, 3.05) is 32.1 Å². The molecule has 6 nitrogen and oxygen atoms in total. The highest BCUT2D eigenvalue weighted by Gasteiger charge is 2.25. The Hall–Kier alpha value is -1.35. The Morgan fingerprint density at radius 3 is 2.68 bits per heavy atom. The van der Waals surface area contributed by atoms with Crippen LogP contribution in [0.3, 0.4) is 0 Å². The Bertz CT molecular complexity index is 606. The summed E-state index contributed by atoms with van der Waals surface area (Å²) in [4.78, 5) is 16.3. The predicted octanol–water partition coefficient (Wildman–Crippen LogP) is 3.92. The maximum Gasteiger partial charge on any atom is 0.227 e. The minimum atomic E-state index is 0. The van der Waals surface area contributed by atoms with Gasteiger partial charge < -0.3 is 20.7 Å². The smallest absolute Gasteiger partial charge is 0.227 e. The summed E-state index contributed by atoms with van der Waals surface area (Å²) in [6, 6.07) is 7.96. The summed E-state index contributed by atoms with van der Waals surface area (Å²) in [5.41, 5.74) is 1.96. The van der Waals surface area contributed by atoms with Crippen LogP contribution in [0, 0.1) is 5.92 Å². The fourth-order valence-corrected chi connectivity index (χ4v) is 2.81. The molecule has 1 aliphatic rings. The molecular weight excluding hydrogens is 467 g/mol. The minimum absolute atomic E-state index is 0. The van der Waals surface area contributed by atoms with E-state index in [1.807, 2.05) is 24.3 Å². The highest BCUT2D eigenvalue weighted by Crippen LogP contribution is 2.27. The van der Waals surface area contributed by atoms with E-state index in [1.54, 1.807) is 7.05 Å². The van der Waals surface area contributed by atoms with Crippen LogP contribution in [0.2, 0.25) is 0 Å². The maximum atomic E-state index is 12.1. The van der Waals surface area contributed by atoms with E-state index in [-0.39, 0.29) is 35.8 Å². The van der Waals surface area contributed by atoms with Gasteiger partial charge in [0.1, 0.15) is 0 Å². The number of amides is 1. The van der Waals surface area contributed by atoms with Crippen molar-refractivity contribution in [3.63, 3.8) is 0 Å². The molecule has 28 heavy (non-hydrogen) atoms. The van der Waals surface area contributed by atoms with Gasteiger partial charge in [0.2, 0.25) is 5.91 Å². The summed E-state index contributed by atoms with van der Waals surface area (Å²) >= 11 is 0. The number of carbonyl (C=O) groups excluding carboxylic acids is 1. The molecule has 7 heteroatoms. The van der Waals surface area contributed by atoms with Crippen LogP contribution in [0.4, 0.5) is 5.69 Å². The van der Waals surface area contributed by atoms with Crippen LogP contribution in [0.1, 0.15) is 51.0 Å². The van der Waals surface area contributed by atoms with Crippen LogP contribution in [-0.4, -0.2) is 38.7 Å². The third-order valence-corrected chi connectivity index (χ3v) is 4.75. The second-order valence-electron chi connectivity index (χ2n) is 6.99. The quantitative estimate of drug-likeness (QED) is 0.186. The van der Waals surface area contributed by atoms with Gasteiger partial charge in [0.25, 0.3) is 0 Å². The average Bonchev–Trinajstić information content (AvgIpc) is 2.62. The number of aliphatic imine (C=N–C) groups is 1. The molecule has 1 fully saturated rings. The van der Waals surface area contributed by atoms with Gasteiger partial charge in [-0.15, -0.1) is 24.0 Å². The number of ether oxygens (including phenoxy) is 1. The van der Waals surface area contributed by atoms with Gasteiger partial charge in [-0.2, -0.15) is 0 Å². The zero-order chi connectivity index (χ0) is 19.3. The second-order valence-corrected chi connectivity index (χ2v) is 6.99. The van der Waals surface area contributed by atoms with Crippen molar-refractivity contribution < 1.29 is 9.53 Å². The van der Waals surface area contributed by atoms with Crippen molar-refractivity contribution in [1.29, 1.82) is 0 Å². The maximum absolute atomic E-state index is 12.1. The van der Waals surface area contributed by atoms with Crippen molar-refractivity contribution in [3.8, 4) is 0 Å². The van der Waals surface area contributed by atoms with E-state index in [4.69, 9.17) is 4.74 Å². The molecule has 1 aliphatic carbocycles. The normalized spacial score (nSPS) is 14.0. The standard InChI is InChI=1S/C21H34N4O2.HI/c1-3-4-13-27-14-7-12-23-21(22-2)24-16-17-8-5-11-19(15-17)25-20(26)18-9-6-10-18;/h5,8,11,15,18H,3-4,6-7,9-10,12-14,16H2,1-2H3,(H,25,26)(H2,22,23,24);1H. The number of hydrogen-bond donors (Lipinski definition) is 3.